The molecule has 0 amide bonds. The predicted octanol–water partition coefficient (Wildman–Crippen LogP) is 3.64. The lowest BCUT2D eigenvalue weighted by Crippen LogP contribution is -2.10. The van der Waals surface area contributed by atoms with E-state index in [2.05, 4.69) is 43.4 Å². The van der Waals surface area contributed by atoms with Crippen molar-refractivity contribution in [2.45, 2.75) is 26.9 Å². The van der Waals surface area contributed by atoms with Crippen LogP contribution in [0.4, 0.5) is 0 Å². The summed E-state index contributed by atoms with van der Waals surface area (Å²) in [5, 5.41) is 3.19. The number of hydrogen-bond acceptors (Lipinski definition) is 2. The zero-order valence-corrected chi connectivity index (χ0v) is 12.6. The average molecular weight is 269 g/mol. The van der Waals surface area contributed by atoms with Gasteiger partial charge in [0, 0.05) is 0 Å². The van der Waals surface area contributed by atoms with Gasteiger partial charge < -0.3 is 10.1 Å². The van der Waals surface area contributed by atoms with Gasteiger partial charge in [0.05, 0.1) is 0 Å². The highest BCUT2D eigenvalue weighted by Crippen LogP contribution is 2.26. The molecule has 0 atom stereocenters. The third-order valence-electron chi connectivity index (χ3n) is 3.41. The standard InChI is InChI=1S/C18H23NO/c1-14-11-17(9-10-19-3)12-15(2)18(14)20-13-16-7-5-4-6-8-16/h4-8,11-12,19H,9-10,13H2,1-3H3. The van der Waals surface area contributed by atoms with E-state index >= 15 is 0 Å². The molecule has 0 radical (unpaired) electrons. The van der Waals surface area contributed by atoms with Gasteiger partial charge in [-0.3, -0.25) is 0 Å². The molecule has 0 aliphatic carbocycles. The predicted molar refractivity (Wildman–Crippen MR) is 84.3 cm³/mol. The molecule has 0 aromatic heterocycles. The number of likely N-dealkylation sites (N-methyl/N-ethyl adjacent to an activating group) is 1. The largest absolute Gasteiger partial charge is 0.488 e. The smallest absolute Gasteiger partial charge is 0.125 e. The van der Waals surface area contributed by atoms with E-state index in [9.17, 15) is 0 Å². The van der Waals surface area contributed by atoms with Crippen LogP contribution in [0.15, 0.2) is 42.5 Å². The van der Waals surface area contributed by atoms with Gasteiger partial charge in [-0.1, -0.05) is 42.5 Å². The lowest BCUT2D eigenvalue weighted by Gasteiger charge is -2.14. The van der Waals surface area contributed by atoms with E-state index in [-0.39, 0.29) is 0 Å². The van der Waals surface area contributed by atoms with Crippen LogP contribution in [0.3, 0.4) is 0 Å². The Balaban J connectivity index is 2.08. The summed E-state index contributed by atoms with van der Waals surface area (Å²) in [5.41, 5.74) is 4.99. The van der Waals surface area contributed by atoms with Crippen LogP contribution in [0.1, 0.15) is 22.3 Å². The Kier molecular flexibility index (Phi) is 5.19. The van der Waals surface area contributed by atoms with Crippen molar-refractivity contribution in [1.29, 1.82) is 0 Å². The van der Waals surface area contributed by atoms with Gasteiger partial charge in [0.25, 0.3) is 0 Å². The summed E-state index contributed by atoms with van der Waals surface area (Å²) in [7, 11) is 1.98. The van der Waals surface area contributed by atoms with Crippen LogP contribution in [0.2, 0.25) is 0 Å². The number of benzene rings is 2. The molecule has 1 N–H and O–H groups in total. The summed E-state index contributed by atoms with van der Waals surface area (Å²) in [6.07, 6.45) is 1.05. The molecule has 2 heteroatoms. The maximum atomic E-state index is 6.00. The van der Waals surface area contributed by atoms with Crippen molar-refractivity contribution in [1.82, 2.24) is 5.32 Å². The maximum absolute atomic E-state index is 6.00. The molecule has 0 spiro atoms. The van der Waals surface area contributed by atoms with E-state index in [0.29, 0.717) is 6.61 Å². The average Bonchev–Trinajstić information content (AvgIpc) is 2.45. The van der Waals surface area contributed by atoms with Gasteiger partial charge in [-0.05, 0) is 56.1 Å². The van der Waals surface area contributed by atoms with Crippen LogP contribution in [-0.4, -0.2) is 13.6 Å². The van der Waals surface area contributed by atoms with Crippen LogP contribution in [-0.2, 0) is 13.0 Å². The molecule has 0 saturated heterocycles. The molecule has 2 rings (SSSR count). The Morgan fingerprint density at radius 3 is 2.20 bits per heavy atom. The Labute approximate surface area is 121 Å². The minimum Gasteiger partial charge on any atom is -0.488 e. The highest BCUT2D eigenvalue weighted by Gasteiger charge is 2.06. The normalized spacial score (nSPS) is 10.6. The van der Waals surface area contributed by atoms with Gasteiger partial charge in [0.15, 0.2) is 0 Å². The second-order valence-electron chi connectivity index (χ2n) is 5.19. The number of nitrogens with one attached hydrogen (secondary N) is 1. The van der Waals surface area contributed by atoms with Crippen molar-refractivity contribution in [2.24, 2.45) is 0 Å². The van der Waals surface area contributed by atoms with Gasteiger partial charge in [0.1, 0.15) is 12.4 Å². The first-order chi connectivity index (χ1) is 9.70. The van der Waals surface area contributed by atoms with E-state index in [0.717, 1.165) is 18.7 Å². The fourth-order valence-corrected chi connectivity index (χ4v) is 2.41. The SMILES string of the molecule is CNCCc1cc(C)c(OCc2ccccc2)c(C)c1. The summed E-state index contributed by atoms with van der Waals surface area (Å²) in [5.74, 6) is 1.02. The number of hydrogen-bond donors (Lipinski definition) is 1. The monoisotopic (exact) mass is 269 g/mol. The minimum absolute atomic E-state index is 0.623. The maximum Gasteiger partial charge on any atom is 0.125 e. The number of aryl methyl sites for hydroxylation is 2. The highest BCUT2D eigenvalue weighted by atomic mass is 16.5. The van der Waals surface area contributed by atoms with E-state index < -0.39 is 0 Å². The van der Waals surface area contributed by atoms with Crippen LogP contribution >= 0.6 is 0 Å². The zero-order chi connectivity index (χ0) is 14.4. The summed E-state index contributed by atoms with van der Waals surface area (Å²) in [6, 6.07) is 14.7. The molecule has 0 heterocycles. The lowest BCUT2D eigenvalue weighted by molar-refractivity contribution is 0.302. The fraction of sp³-hybridized carbons (Fsp3) is 0.333. The third-order valence-corrected chi connectivity index (χ3v) is 3.41. The van der Waals surface area contributed by atoms with E-state index in [1.807, 2.05) is 25.2 Å². The molecule has 20 heavy (non-hydrogen) atoms. The molecule has 2 nitrogen and oxygen atoms in total. The first-order valence-corrected chi connectivity index (χ1v) is 7.12. The second-order valence-corrected chi connectivity index (χ2v) is 5.19. The van der Waals surface area contributed by atoms with E-state index in [1.165, 1.54) is 22.3 Å². The zero-order valence-electron chi connectivity index (χ0n) is 12.6. The highest BCUT2D eigenvalue weighted by molar-refractivity contribution is 5.43. The first kappa shape index (κ1) is 14.6. The number of ether oxygens (including phenoxy) is 1. The molecule has 2 aromatic carbocycles. The third kappa shape index (κ3) is 3.84. The minimum atomic E-state index is 0.623. The molecule has 0 unspecified atom stereocenters. The molecule has 0 bridgehead atoms. The Bertz CT molecular complexity index is 526. The molecular weight excluding hydrogens is 246 g/mol. The van der Waals surface area contributed by atoms with Gasteiger partial charge >= 0.3 is 0 Å². The molecule has 106 valence electrons. The van der Waals surface area contributed by atoms with Crippen LogP contribution in [0.5, 0.6) is 5.75 Å². The molecule has 0 aliphatic heterocycles. The summed E-state index contributed by atoms with van der Waals surface area (Å²) in [6.45, 7) is 5.87. The molecule has 2 aromatic rings. The van der Waals surface area contributed by atoms with Crippen LogP contribution in [0.25, 0.3) is 0 Å². The van der Waals surface area contributed by atoms with E-state index in [4.69, 9.17) is 4.74 Å². The summed E-state index contributed by atoms with van der Waals surface area (Å²) in [4.78, 5) is 0. The summed E-state index contributed by atoms with van der Waals surface area (Å²) >= 11 is 0. The van der Waals surface area contributed by atoms with Gasteiger partial charge in [-0.2, -0.15) is 0 Å². The Morgan fingerprint density at radius 2 is 1.60 bits per heavy atom. The Morgan fingerprint density at radius 1 is 0.950 bits per heavy atom. The van der Waals surface area contributed by atoms with Crippen molar-refractivity contribution in [2.75, 3.05) is 13.6 Å². The lowest BCUT2D eigenvalue weighted by atomic mass is 10.0. The van der Waals surface area contributed by atoms with Crippen molar-refractivity contribution in [3.05, 3.63) is 64.7 Å². The molecule has 0 saturated carbocycles. The summed E-state index contributed by atoms with van der Waals surface area (Å²) < 4.78 is 6.00. The number of rotatable bonds is 6. The van der Waals surface area contributed by atoms with Gasteiger partial charge in [-0.25, -0.2) is 0 Å². The molecule has 0 aliphatic rings. The van der Waals surface area contributed by atoms with Gasteiger partial charge in [-0.15, -0.1) is 0 Å². The van der Waals surface area contributed by atoms with Crippen LogP contribution in [0, 0.1) is 13.8 Å². The van der Waals surface area contributed by atoms with Crippen LogP contribution < -0.4 is 10.1 Å². The second kappa shape index (κ2) is 7.11. The molecule has 0 fully saturated rings. The topological polar surface area (TPSA) is 21.3 Å². The Hall–Kier alpha value is -1.80. The van der Waals surface area contributed by atoms with Crippen molar-refractivity contribution in [3.63, 3.8) is 0 Å². The molecular formula is C18H23NO. The first-order valence-electron chi connectivity index (χ1n) is 7.12. The fourth-order valence-electron chi connectivity index (χ4n) is 2.41. The van der Waals surface area contributed by atoms with Gasteiger partial charge in [0.2, 0.25) is 0 Å². The quantitative estimate of drug-likeness (QED) is 0.864. The van der Waals surface area contributed by atoms with Crippen molar-refractivity contribution < 1.29 is 4.74 Å². The van der Waals surface area contributed by atoms with Crippen molar-refractivity contribution >= 4 is 0 Å². The van der Waals surface area contributed by atoms with E-state index in [1.54, 1.807) is 0 Å². The van der Waals surface area contributed by atoms with Crippen molar-refractivity contribution in [3.8, 4) is 5.75 Å².